The number of hydrogen-bond acceptors (Lipinski definition) is 2. The molecule has 98 valence electrons. The number of ether oxygens (including phenoxy) is 1. The summed E-state index contributed by atoms with van der Waals surface area (Å²) in [4.78, 5) is 11.1. The topological polar surface area (TPSA) is 26.3 Å². The van der Waals surface area contributed by atoms with Crippen molar-refractivity contribution < 1.29 is 9.53 Å². The predicted octanol–water partition coefficient (Wildman–Crippen LogP) is 3.95. The highest BCUT2D eigenvalue weighted by atomic mass is 16.5. The highest BCUT2D eigenvalue weighted by Crippen LogP contribution is 2.22. The maximum atomic E-state index is 11.1. The van der Waals surface area contributed by atoms with Gasteiger partial charge in [-0.15, -0.1) is 0 Å². The van der Waals surface area contributed by atoms with Crippen LogP contribution in [0.25, 0.3) is 6.08 Å². The Labute approximate surface area is 110 Å². The van der Waals surface area contributed by atoms with Gasteiger partial charge in [-0.25, -0.2) is 0 Å². The first-order valence-corrected chi connectivity index (χ1v) is 6.36. The second kappa shape index (κ2) is 6.39. The Morgan fingerprint density at radius 1 is 1.22 bits per heavy atom. The Morgan fingerprint density at radius 2 is 1.83 bits per heavy atom. The van der Waals surface area contributed by atoms with Gasteiger partial charge in [0.15, 0.2) is 0 Å². The van der Waals surface area contributed by atoms with Crippen molar-refractivity contribution in [2.75, 3.05) is 6.61 Å². The van der Waals surface area contributed by atoms with Gasteiger partial charge in [0.05, 0.1) is 13.0 Å². The minimum absolute atomic E-state index is 0.174. The first-order valence-electron chi connectivity index (χ1n) is 6.36. The van der Waals surface area contributed by atoms with Crippen LogP contribution in [0.1, 0.15) is 45.2 Å². The molecule has 0 spiro atoms. The van der Waals surface area contributed by atoms with Crippen molar-refractivity contribution in [1.82, 2.24) is 0 Å². The van der Waals surface area contributed by atoms with E-state index in [9.17, 15) is 4.79 Å². The molecule has 0 unspecified atom stereocenters. The van der Waals surface area contributed by atoms with E-state index in [1.807, 2.05) is 19.1 Å². The van der Waals surface area contributed by atoms with E-state index in [2.05, 4.69) is 45.0 Å². The zero-order valence-corrected chi connectivity index (χ0v) is 11.7. The fraction of sp³-hybridized carbons (Fsp3) is 0.438. The van der Waals surface area contributed by atoms with E-state index in [4.69, 9.17) is 4.74 Å². The lowest BCUT2D eigenvalue weighted by atomic mass is 9.87. The van der Waals surface area contributed by atoms with Gasteiger partial charge in [0, 0.05) is 0 Å². The maximum absolute atomic E-state index is 11.1. The van der Waals surface area contributed by atoms with Crippen LogP contribution in [-0.2, 0) is 14.9 Å². The van der Waals surface area contributed by atoms with Gasteiger partial charge < -0.3 is 4.74 Å². The molecule has 2 heteroatoms. The van der Waals surface area contributed by atoms with Gasteiger partial charge in [0.1, 0.15) is 0 Å². The number of benzene rings is 1. The molecule has 0 N–H and O–H groups in total. The largest absolute Gasteiger partial charge is 0.466 e. The van der Waals surface area contributed by atoms with Crippen LogP contribution in [0.3, 0.4) is 0 Å². The molecule has 0 saturated heterocycles. The molecule has 1 aromatic carbocycles. The summed E-state index contributed by atoms with van der Waals surface area (Å²) >= 11 is 0. The van der Waals surface area contributed by atoms with Crippen molar-refractivity contribution in [1.29, 1.82) is 0 Å². The Hall–Kier alpha value is -1.57. The monoisotopic (exact) mass is 246 g/mol. The Kier molecular flexibility index (Phi) is 5.14. The third-order valence-corrected chi connectivity index (χ3v) is 2.68. The molecular weight excluding hydrogens is 224 g/mol. The summed E-state index contributed by atoms with van der Waals surface area (Å²) in [5.41, 5.74) is 2.59. The van der Waals surface area contributed by atoms with Crippen molar-refractivity contribution in [2.24, 2.45) is 0 Å². The van der Waals surface area contributed by atoms with Crippen molar-refractivity contribution in [2.45, 2.75) is 39.5 Å². The van der Waals surface area contributed by atoms with Crippen LogP contribution in [0.5, 0.6) is 0 Å². The molecule has 0 aliphatic heterocycles. The standard InChI is InChI=1S/C16H22O2/c1-5-18-15(17)8-6-7-13-9-11-14(12-10-13)16(2,3)4/h6-7,9-12H,5,8H2,1-4H3/b7-6+. The van der Waals surface area contributed by atoms with E-state index in [0.29, 0.717) is 13.0 Å². The van der Waals surface area contributed by atoms with Crippen LogP contribution in [0.2, 0.25) is 0 Å². The van der Waals surface area contributed by atoms with Gasteiger partial charge in [-0.3, -0.25) is 4.79 Å². The number of carbonyl (C=O) groups is 1. The van der Waals surface area contributed by atoms with Gasteiger partial charge in [0.2, 0.25) is 0 Å². The molecule has 0 atom stereocenters. The fourth-order valence-electron chi connectivity index (χ4n) is 1.61. The summed E-state index contributed by atoms with van der Waals surface area (Å²) < 4.78 is 4.85. The van der Waals surface area contributed by atoms with E-state index >= 15 is 0 Å². The van der Waals surface area contributed by atoms with Gasteiger partial charge in [-0.2, -0.15) is 0 Å². The number of esters is 1. The van der Waals surface area contributed by atoms with Crippen LogP contribution < -0.4 is 0 Å². The zero-order valence-electron chi connectivity index (χ0n) is 11.7. The Morgan fingerprint density at radius 3 is 2.33 bits per heavy atom. The molecule has 0 amide bonds. The summed E-state index contributed by atoms with van der Waals surface area (Å²) in [7, 11) is 0. The second-order valence-corrected chi connectivity index (χ2v) is 5.28. The molecule has 1 rings (SSSR count). The van der Waals surface area contributed by atoms with Gasteiger partial charge in [-0.1, -0.05) is 57.2 Å². The van der Waals surface area contributed by atoms with Crippen molar-refractivity contribution in [3.8, 4) is 0 Å². The minimum atomic E-state index is -0.180. The van der Waals surface area contributed by atoms with Crippen molar-refractivity contribution in [3.05, 3.63) is 41.5 Å². The number of rotatable bonds is 4. The van der Waals surface area contributed by atoms with Crippen LogP contribution >= 0.6 is 0 Å². The minimum Gasteiger partial charge on any atom is -0.466 e. The quantitative estimate of drug-likeness (QED) is 0.752. The summed E-state index contributed by atoms with van der Waals surface area (Å²) in [5.74, 6) is -0.180. The summed E-state index contributed by atoms with van der Waals surface area (Å²) in [6.45, 7) is 8.83. The van der Waals surface area contributed by atoms with Crippen LogP contribution in [0, 0.1) is 0 Å². The smallest absolute Gasteiger partial charge is 0.309 e. The van der Waals surface area contributed by atoms with Crippen LogP contribution in [0.15, 0.2) is 30.3 Å². The van der Waals surface area contributed by atoms with E-state index in [1.54, 1.807) is 0 Å². The van der Waals surface area contributed by atoms with Gasteiger partial charge >= 0.3 is 5.97 Å². The average molecular weight is 246 g/mol. The fourth-order valence-corrected chi connectivity index (χ4v) is 1.61. The van der Waals surface area contributed by atoms with E-state index in [-0.39, 0.29) is 11.4 Å². The lowest BCUT2D eigenvalue weighted by Gasteiger charge is -2.18. The lowest BCUT2D eigenvalue weighted by Crippen LogP contribution is -2.10. The van der Waals surface area contributed by atoms with Crippen molar-refractivity contribution in [3.63, 3.8) is 0 Å². The molecule has 2 nitrogen and oxygen atoms in total. The first kappa shape index (κ1) is 14.5. The highest BCUT2D eigenvalue weighted by Gasteiger charge is 2.12. The maximum Gasteiger partial charge on any atom is 0.309 e. The normalized spacial score (nSPS) is 11.8. The Balaban J connectivity index is 2.59. The molecule has 0 fully saturated rings. The molecule has 0 radical (unpaired) electrons. The third-order valence-electron chi connectivity index (χ3n) is 2.68. The SMILES string of the molecule is CCOC(=O)C/C=C/c1ccc(C(C)(C)C)cc1. The molecule has 1 aromatic rings. The number of carbonyl (C=O) groups excluding carboxylic acids is 1. The molecule has 0 saturated carbocycles. The highest BCUT2D eigenvalue weighted by molar-refractivity contribution is 5.72. The second-order valence-electron chi connectivity index (χ2n) is 5.28. The summed E-state index contributed by atoms with van der Waals surface area (Å²) in [6, 6.07) is 8.40. The van der Waals surface area contributed by atoms with E-state index in [0.717, 1.165) is 5.56 Å². The molecule has 0 aliphatic carbocycles. The zero-order chi connectivity index (χ0) is 13.6. The molecule has 18 heavy (non-hydrogen) atoms. The summed E-state index contributed by atoms with van der Waals surface area (Å²) in [5, 5.41) is 0. The van der Waals surface area contributed by atoms with Crippen LogP contribution in [0.4, 0.5) is 0 Å². The number of hydrogen-bond donors (Lipinski definition) is 0. The third kappa shape index (κ3) is 4.74. The van der Waals surface area contributed by atoms with Gasteiger partial charge in [0.25, 0.3) is 0 Å². The average Bonchev–Trinajstić information content (AvgIpc) is 2.29. The molecule has 0 heterocycles. The molecule has 0 aromatic heterocycles. The van der Waals surface area contributed by atoms with E-state index < -0.39 is 0 Å². The molecule has 0 aliphatic rings. The lowest BCUT2D eigenvalue weighted by molar-refractivity contribution is -0.142. The van der Waals surface area contributed by atoms with Gasteiger partial charge in [-0.05, 0) is 23.5 Å². The summed E-state index contributed by atoms with van der Waals surface area (Å²) in [6.07, 6.45) is 4.11. The van der Waals surface area contributed by atoms with Crippen molar-refractivity contribution >= 4 is 12.0 Å². The Bertz CT molecular complexity index is 408. The van der Waals surface area contributed by atoms with E-state index in [1.165, 1.54) is 5.56 Å². The molecular formula is C16H22O2. The van der Waals surface area contributed by atoms with Crippen LogP contribution in [-0.4, -0.2) is 12.6 Å². The first-order chi connectivity index (χ1) is 8.43. The molecule has 0 bridgehead atoms. The predicted molar refractivity (Wildman–Crippen MR) is 75.4 cm³/mol.